The van der Waals surface area contributed by atoms with Gasteiger partial charge in [0.05, 0.1) is 11.7 Å². The van der Waals surface area contributed by atoms with E-state index in [1.54, 1.807) is 0 Å². The second-order valence-electron chi connectivity index (χ2n) is 6.21. The third-order valence-corrected chi connectivity index (χ3v) is 4.49. The molecule has 4 nitrogen and oxygen atoms in total. The van der Waals surface area contributed by atoms with Crippen molar-refractivity contribution in [3.8, 4) is 0 Å². The Morgan fingerprint density at radius 2 is 2.11 bits per heavy atom. The third-order valence-electron chi connectivity index (χ3n) is 4.49. The normalized spacial score (nSPS) is 30.6. The maximum Gasteiger partial charge on any atom is 0.0777 e. The Labute approximate surface area is 117 Å². The first kappa shape index (κ1) is 15.2. The van der Waals surface area contributed by atoms with Gasteiger partial charge < -0.3 is 19.7 Å². The van der Waals surface area contributed by atoms with Gasteiger partial charge in [0.25, 0.3) is 0 Å². The molecule has 2 aliphatic rings. The van der Waals surface area contributed by atoms with Crippen molar-refractivity contribution in [3.05, 3.63) is 0 Å². The highest BCUT2D eigenvalue weighted by atomic mass is 16.5. The predicted octanol–water partition coefficient (Wildman–Crippen LogP) is 1.65. The molecule has 2 fully saturated rings. The van der Waals surface area contributed by atoms with E-state index in [2.05, 4.69) is 17.1 Å². The van der Waals surface area contributed by atoms with Gasteiger partial charge in [0.2, 0.25) is 0 Å². The molecule has 2 rings (SSSR count). The van der Waals surface area contributed by atoms with Gasteiger partial charge in [0.15, 0.2) is 0 Å². The second kappa shape index (κ2) is 7.58. The second-order valence-corrected chi connectivity index (χ2v) is 6.21. The minimum Gasteiger partial charge on any atom is -0.378 e. The lowest BCUT2D eigenvalue weighted by Gasteiger charge is -2.39. The summed E-state index contributed by atoms with van der Waals surface area (Å²) in [5.41, 5.74) is 0.0636. The molecular weight excluding hydrogens is 240 g/mol. The van der Waals surface area contributed by atoms with E-state index in [0.29, 0.717) is 6.10 Å². The van der Waals surface area contributed by atoms with Gasteiger partial charge >= 0.3 is 0 Å². The van der Waals surface area contributed by atoms with Crippen LogP contribution in [0.25, 0.3) is 0 Å². The smallest absolute Gasteiger partial charge is 0.0777 e. The van der Waals surface area contributed by atoms with Gasteiger partial charge in [0.1, 0.15) is 0 Å². The topological polar surface area (TPSA) is 33.7 Å². The van der Waals surface area contributed by atoms with Gasteiger partial charge in [-0.25, -0.2) is 0 Å². The first-order valence-electron chi connectivity index (χ1n) is 7.82. The molecule has 2 heterocycles. The number of nitrogens with one attached hydrogen (secondary N) is 1. The predicted molar refractivity (Wildman–Crippen MR) is 77.5 cm³/mol. The van der Waals surface area contributed by atoms with Crippen LogP contribution in [-0.2, 0) is 9.47 Å². The highest BCUT2D eigenvalue weighted by Crippen LogP contribution is 2.23. The fourth-order valence-corrected chi connectivity index (χ4v) is 3.17. The molecule has 4 heteroatoms. The molecule has 1 atom stereocenters. The van der Waals surface area contributed by atoms with Crippen LogP contribution in [-0.4, -0.2) is 63.0 Å². The molecule has 0 aromatic heterocycles. The number of hydrogen-bond donors (Lipinski definition) is 1. The number of likely N-dealkylation sites (tertiary alicyclic amines) is 1. The fourth-order valence-electron chi connectivity index (χ4n) is 3.17. The van der Waals surface area contributed by atoms with Crippen molar-refractivity contribution in [3.63, 3.8) is 0 Å². The molecule has 2 aliphatic heterocycles. The van der Waals surface area contributed by atoms with Crippen LogP contribution in [0.5, 0.6) is 0 Å². The molecule has 1 N–H and O–H groups in total. The third kappa shape index (κ3) is 5.03. The molecular formula is C15H30N2O2. The van der Waals surface area contributed by atoms with Crippen molar-refractivity contribution in [1.82, 2.24) is 10.2 Å². The molecule has 0 spiro atoms. The van der Waals surface area contributed by atoms with E-state index < -0.39 is 0 Å². The van der Waals surface area contributed by atoms with Crippen LogP contribution in [0.3, 0.4) is 0 Å². The number of ether oxygens (including phenoxy) is 2. The largest absolute Gasteiger partial charge is 0.378 e. The summed E-state index contributed by atoms with van der Waals surface area (Å²) in [7, 11) is 1.84. The molecule has 1 unspecified atom stereocenters. The Bertz CT molecular complexity index is 257. The Morgan fingerprint density at radius 1 is 1.32 bits per heavy atom. The number of methoxy groups -OCH3 is 1. The van der Waals surface area contributed by atoms with Crippen molar-refractivity contribution in [2.24, 2.45) is 0 Å². The van der Waals surface area contributed by atoms with Crippen molar-refractivity contribution < 1.29 is 9.47 Å². The molecule has 0 radical (unpaired) electrons. The van der Waals surface area contributed by atoms with Gasteiger partial charge in [-0.15, -0.1) is 0 Å². The summed E-state index contributed by atoms with van der Waals surface area (Å²) < 4.78 is 11.6. The van der Waals surface area contributed by atoms with E-state index in [-0.39, 0.29) is 5.60 Å². The Morgan fingerprint density at radius 3 is 2.84 bits per heavy atom. The highest BCUT2D eigenvalue weighted by Gasteiger charge is 2.30. The van der Waals surface area contributed by atoms with E-state index >= 15 is 0 Å². The zero-order valence-corrected chi connectivity index (χ0v) is 12.6. The molecule has 0 amide bonds. The zero-order chi connectivity index (χ0) is 13.6. The monoisotopic (exact) mass is 270 g/mol. The van der Waals surface area contributed by atoms with Gasteiger partial charge in [0, 0.05) is 26.8 Å². The average molecular weight is 270 g/mol. The molecule has 0 aliphatic carbocycles. The summed E-state index contributed by atoms with van der Waals surface area (Å²) in [6.45, 7) is 8.79. The number of nitrogens with zero attached hydrogens (tertiary/aromatic N) is 1. The molecule has 0 saturated carbocycles. The van der Waals surface area contributed by atoms with E-state index in [0.717, 1.165) is 39.2 Å². The standard InChI is InChI=1S/C15H30N2O2/c1-15(18-2)7-3-10-17(13-15)11-4-12-19-14-5-8-16-9-6-14/h14,16H,3-13H2,1-2H3. The van der Waals surface area contributed by atoms with E-state index in [4.69, 9.17) is 9.47 Å². The lowest BCUT2D eigenvalue weighted by molar-refractivity contribution is -0.0532. The van der Waals surface area contributed by atoms with E-state index in [1.807, 2.05) is 7.11 Å². The van der Waals surface area contributed by atoms with Crippen LogP contribution in [0.15, 0.2) is 0 Å². The quantitative estimate of drug-likeness (QED) is 0.744. The first-order valence-corrected chi connectivity index (χ1v) is 7.82. The summed E-state index contributed by atoms with van der Waals surface area (Å²) in [5, 5.41) is 3.37. The minimum atomic E-state index is 0.0636. The molecule has 0 bridgehead atoms. The maximum absolute atomic E-state index is 5.95. The minimum absolute atomic E-state index is 0.0636. The number of hydrogen-bond acceptors (Lipinski definition) is 4. The van der Waals surface area contributed by atoms with Gasteiger partial charge in [-0.05, 0) is 58.7 Å². The summed E-state index contributed by atoms with van der Waals surface area (Å²) in [4.78, 5) is 2.53. The zero-order valence-electron chi connectivity index (χ0n) is 12.6. The Hall–Kier alpha value is -0.160. The summed E-state index contributed by atoms with van der Waals surface area (Å²) in [5.74, 6) is 0. The van der Waals surface area contributed by atoms with Crippen LogP contribution >= 0.6 is 0 Å². The van der Waals surface area contributed by atoms with Crippen LogP contribution in [0.2, 0.25) is 0 Å². The fraction of sp³-hybridized carbons (Fsp3) is 1.00. The highest BCUT2D eigenvalue weighted by molar-refractivity contribution is 4.84. The molecule has 2 saturated heterocycles. The van der Waals surface area contributed by atoms with E-state index in [1.165, 1.54) is 32.2 Å². The van der Waals surface area contributed by atoms with Crippen molar-refractivity contribution >= 4 is 0 Å². The molecule has 19 heavy (non-hydrogen) atoms. The van der Waals surface area contributed by atoms with Crippen molar-refractivity contribution in [1.29, 1.82) is 0 Å². The number of rotatable bonds is 6. The van der Waals surface area contributed by atoms with Crippen LogP contribution < -0.4 is 5.32 Å². The summed E-state index contributed by atoms with van der Waals surface area (Å²) in [6, 6.07) is 0. The molecule has 112 valence electrons. The lowest BCUT2D eigenvalue weighted by Crippen LogP contribution is -2.47. The van der Waals surface area contributed by atoms with Crippen LogP contribution in [0.1, 0.15) is 39.0 Å². The SMILES string of the molecule is COC1(C)CCCN(CCCOC2CCNCC2)C1. The van der Waals surface area contributed by atoms with Gasteiger partial charge in [-0.3, -0.25) is 0 Å². The van der Waals surface area contributed by atoms with Crippen LogP contribution in [0.4, 0.5) is 0 Å². The number of piperidine rings is 2. The summed E-state index contributed by atoms with van der Waals surface area (Å²) in [6.07, 6.45) is 6.41. The van der Waals surface area contributed by atoms with Crippen LogP contribution in [0, 0.1) is 0 Å². The lowest BCUT2D eigenvalue weighted by atomic mass is 9.95. The maximum atomic E-state index is 5.95. The Balaban J connectivity index is 1.57. The summed E-state index contributed by atoms with van der Waals surface area (Å²) >= 11 is 0. The van der Waals surface area contributed by atoms with Gasteiger partial charge in [-0.2, -0.15) is 0 Å². The molecule has 0 aromatic rings. The molecule has 0 aromatic carbocycles. The first-order chi connectivity index (χ1) is 9.22. The van der Waals surface area contributed by atoms with Crippen molar-refractivity contribution in [2.75, 3.05) is 46.4 Å². The average Bonchev–Trinajstić information content (AvgIpc) is 2.45. The van der Waals surface area contributed by atoms with E-state index in [9.17, 15) is 0 Å². The van der Waals surface area contributed by atoms with Crippen molar-refractivity contribution in [2.45, 2.75) is 50.7 Å². The Kier molecular flexibility index (Phi) is 6.07. The van der Waals surface area contributed by atoms with Gasteiger partial charge in [-0.1, -0.05) is 0 Å².